The van der Waals surface area contributed by atoms with Crippen molar-refractivity contribution < 1.29 is 28.9 Å². The van der Waals surface area contributed by atoms with Gasteiger partial charge in [-0.1, -0.05) is 20.8 Å². The highest BCUT2D eigenvalue weighted by atomic mass is 28.4. The van der Waals surface area contributed by atoms with Crippen LogP contribution < -0.4 is 5.73 Å². The second-order valence-electron chi connectivity index (χ2n) is 10.1. The molecule has 0 fully saturated rings. The van der Waals surface area contributed by atoms with Crippen LogP contribution in [0.3, 0.4) is 0 Å². The van der Waals surface area contributed by atoms with Gasteiger partial charge in [-0.15, -0.1) is 0 Å². The predicted octanol–water partition coefficient (Wildman–Crippen LogP) is 3.08. The number of ether oxygens (including phenoxy) is 2. The van der Waals surface area contributed by atoms with Crippen LogP contribution in [0, 0.1) is 5.92 Å². The van der Waals surface area contributed by atoms with Gasteiger partial charge in [0.2, 0.25) is 0 Å². The Bertz CT molecular complexity index is 449. The van der Waals surface area contributed by atoms with Crippen molar-refractivity contribution in [2.45, 2.75) is 104 Å². The van der Waals surface area contributed by atoms with Gasteiger partial charge in [0.25, 0.3) is 0 Å². The molecule has 0 spiro atoms. The van der Waals surface area contributed by atoms with E-state index in [0.717, 1.165) is 0 Å². The molecule has 0 saturated carbocycles. The van der Waals surface area contributed by atoms with Crippen LogP contribution in [0.2, 0.25) is 18.1 Å². The Morgan fingerprint density at radius 1 is 1.10 bits per heavy atom. The van der Waals surface area contributed by atoms with Crippen molar-refractivity contribution in [3.05, 3.63) is 0 Å². The molecule has 0 aromatic carbocycles. The van der Waals surface area contributed by atoms with Crippen LogP contribution in [0.4, 0.5) is 0 Å². The largest absolute Gasteiger partial charge is 0.460 e. The van der Waals surface area contributed by atoms with Crippen LogP contribution in [0.1, 0.15) is 61.8 Å². The zero-order valence-electron chi connectivity index (χ0n) is 20.5. The zero-order chi connectivity index (χ0) is 23.6. The fraction of sp³-hybridized carbons (Fsp3) is 0.952. The van der Waals surface area contributed by atoms with Gasteiger partial charge in [0.15, 0.2) is 8.32 Å². The normalized spacial score (nSPS) is 16.9. The number of hydrogen-bond donors (Lipinski definition) is 3. The van der Waals surface area contributed by atoms with E-state index in [1.54, 1.807) is 14.0 Å². The third-order valence-electron chi connectivity index (χ3n) is 5.18. The van der Waals surface area contributed by atoms with Crippen molar-refractivity contribution in [1.29, 1.82) is 0 Å². The average molecular weight is 438 g/mol. The number of carbonyl (C=O) groups excluding carboxylic acids is 1. The quantitative estimate of drug-likeness (QED) is 0.375. The van der Waals surface area contributed by atoms with E-state index in [1.807, 2.05) is 27.7 Å². The molecule has 176 valence electrons. The van der Waals surface area contributed by atoms with Gasteiger partial charge in [-0.05, 0) is 52.8 Å². The van der Waals surface area contributed by atoms with E-state index in [4.69, 9.17) is 24.7 Å². The Balaban J connectivity index is 0. The van der Waals surface area contributed by atoms with Gasteiger partial charge < -0.3 is 29.8 Å². The van der Waals surface area contributed by atoms with E-state index in [-0.39, 0.29) is 42.1 Å². The molecule has 4 N–H and O–H groups in total. The fourth-order valence-electron chi connectivity index (χ4n) is 1.82. The van der Waals surface area contributed by atoms with Gasteiger partial charge in [-0.2, -0.15) is 0 Å². The van der Waals surface area contributed by atoms with Crippen LogP contribution in [-0.4, -0.2) is 68.7 Å². The van der Waals surface area contributed by atoms with E-state index in [9.17, 15) is 9.90 Å². The Morgan fingerprint density at radius 2 is 1.59 bits per heavy atom. The maximum Gasteiger partial charge on any atom is 0.306 e. The standard InChI is InChI=1S/C16H34O4Si.C5H13NO2/c1-12(17)13(10-14(18)20-15(2,3)4)11-19-21(8,9)16(5,6)7;1-4(8-2)5(6)3-7/h12-13,17H,10-11H2,1-9H3;4-5,7H,3,6H2,1-2H3/t12-,13-;4-,5-/m11/s1. The van der Waals surface area contributed by atoms with E-state index >= 15 is 0 Å². The van der Waals surface area contributed by atoms with Crippen molar-refractivity contribution in [2.75, 3.05) is 20.3 Å². The Labute approximate surface area is 179 Å². The van der Waals surface area contributed by atoms with Gasteiger partial charge in [0.1, 0.15) is 5.60 Å². The Kier molecular flexibility index (Phi) is 13.8. The molecular weight excluding hydrogens is 390 g/mol. The van der Waals surface area contributed by atoms with Gasteiger partial charge in [0, 0.05) is 19.6 Å². The number of esters is 1. The van der Waals surface area contributed by atoms with E-state index in [2.05, 4.69) is 33.9 Å². The van der Waals surface area contributed by atoms with Crippen LogP contribution in [0.15, 0.2) is 0 Å². The van der Waals surface area contributed by atoms with Crippen molar-refractivity contribution in [2.24, 2.45) is 11.7 Å². The summed E-state index contributed by atoms with van der Waals surface area (Å²) < 4.78 is 16.3. The lowest BCUT2D eigenvalue weighted by molar-refractivity contribution is -0.157. The first-order valence-electron chi connectivity index (χ1n) is 10.3. The smallest absolute Gasteiger partial charge is 0.306 e. The molecule has 0 rings (SSSR count). The minimum Gasteiger partial charge on any atom is -0.460 e. The number of carbonyl (C=O) groups is 1. The van der Waals surface area contributed by atoms with Gasteiger partial charge >= 0.3 is 5.97 Å². The summed E-state index contributed by atoms with van der Waals surface area (Å²) in [7, 11) is -0.305. The fourth-order valence-corrected chi connectivity index (χ4v) is 2.88. The first-order valence-corrected chi connectivity index (χ1v) is 13.2. The van der Waals surface area contributed by atoms with Crippen molar-refractivity contribution >= 4 is 14.3 Å². The molecule has 0 aromatic heterocycles. The monoisotopic (exact) mass is 437 g/mol. The van der Waals surface area contributed by atoms with Crippen molar-refractivity contribution in [3.63, 3.8) is 0 Å². The molecule has 0 aliphatic rings. The maximum atomic E-state index is 11.9. The molecule has 0 bridgehead atoms. The average Bonchev–Trinajstić information content (AvgIpc) is 2.54. The highest BCUT2D eigenvalue weighted by Crippen LogP contribution is 2.37. The minimum absolute atomic E-state index is 0.0188. The first kappa shape index (κ1) is 30.7. The molecule has 0 amide bonds. The van der Waals surface area contributed by atoms with Crippen LogP contribution in [0.25, 0.3) is 0 Å². The minimum atomic E-state index is -1.87. The highest BCUT2D eigenvalue weighted by molar-refractivity contribution is 6.74. The molecule has 0 aliphatic carbocycles. The van der Waals surface area contributed by atoms with Crippen LogP contribution in [-0.2, 0) is 18.7 Å². The molecule has 7 nitrogen and oxygen atoms in total. The number of rotatable bonds is 9. The second-order valence-corrected chi connectivity index (χ2v) is 15.0. The number of methoxy groups -OCH3 is 1. The number of aliphatic hydroxyl groups excluding tert-OH is 2. The van der Waals surface area contributed by atoms with E-state index in [1.165, 1.54) is 0 Å². The highest BCUT2D eigenvalue weighted by Gasteiger charge is 2.38. The Hall–Kier alpha value is -0.513. The van der Waals surface area contributed by atoms with Gasteiger partial charge in [0.05, 0.1) is 31.3 Å². The number of hydrogen-bond acceptors (Lipinski definition) is 7. The SMILES string of the molecule is CO[C@H](C)[C@H](N)CO.C[C@@H](O)[C@@H](CO[Si](C)(C)C(C)(C)C)CC(=O)OC(C)(C)C. The molecule has 0 heterocycles. The topological polar surface area (TPSA) is 111 Å². The van der Waals surface area contributed by atoms with Crippen LogP contribution in [0.5, 0.6) is 0 Å². The summed E-state index contributed by atoms with van der Waals surface area (Å²) >= 11 is 0. The third kappa shape index (κ3) is 14.2. The first-order chi connectivity index (χ1) is 12.9. The number of aliphatic hydroxyl groups is 2. The predicted molar refractivity (Wildman–Crippen MR) is 120 cm³/mol. The summed E-state index contributed by atoms with van der Waals surface area (Å²) in [5.74, 6) is -0.513. The molecule has 4 atom stereocenters. The molecule has 0 aromatic rings. The molecule has 0 radical (unpaired) electrons. The summed E-state index contributed by atoms with van der Waals surface area (Å²) in [6, 6.07) is -0.250. The van der Waals surface area contributed by atoms with Crippen molar-refractivity contribution in [3.8, 4) is 0 Å². The molecular formula is C21H47NO6Si. The molecule has 0 aliphatic heterocycles. The van der Waals surface area contributed by atoms with E-state index in [0.29, 0.717) is 6.61 Å². The number of nitrogens with two attached hydrogens (primary N) is 1. The van der Waals surface area contributed by atoms with Gasteiger partial charge in [-0.25, -0.2) is 0 Å². The summed E-state index contributed by atoms with van der Waals surface area (Å²) in [6.07, 6.45) is -0.467. The van der Waals surface area contributed by atoms with Gasteiger partial charge in [-0.3, -0.25) is 4.79 Å². The zero-order valence-corrected chi connectivity index (χ0v) is 21.5. The van der Waals surface area contributed by atoms with E-state index < -0.39 is 20.0 Å². The summed E-state index contributed by atoms with van der Waals surface area (Å²) in [5, 5.41) is 18.4. The lowest BCUT2D eigenvalue weighted by atomic mass is 10.0. The lowest BCUT2D eigenvalue weighted by Crippen LogP contribution is -2.43. The van der Waals surface area contributed by atoms with Crippen LogP contribution >= 0.6 is 0 Å². The molecule has 8 heteroatoms. The maximum absolute atomic E-state index is 11.9. The lowest BCUT2D eigenvalue weighted by Gasteiger charge is -2.37. The molecule has 0 saturated heterocycles. The second kappa shape index (κ2) is 13.0. The summed E-state index contributed by atoms with van der Waals surface area (Å²) in [5.41, 5.74) is 4.85. The molecule has 29 heavy (non-hydrogen) atoms. The van der Waals surface area contributed by atoms with Crippen molar-refractivity contribution in [1.82, 2.24) is 0 Å². The summed E-state index contributed by atoms with van der Waals surface area (Å²) in [4.78, 5) is 11.9. The summed E-state index contributed by atoms with van der Waals surface area (Å²) in [6.45, 7) is 20.3. The Morgan fingerprint density at radius 3 is 1.86 bits per heavy atom. The molecule has 0 unspecified atom stereocenters. The third-order valence-corrected chi connectivity index (χ3v) is 9.68.